The monoisotopic (exact) mass is 517 g/mol. The van der Waals surface area contributed by atoms with E-state index in [1.807, 2.05) is 0 Å². The van der Waals surface area contributed by atoms with Crippen molar-refractivity contribution in [3.05, 3.63) is 96.1 Å². The summed E-state index contributed by atoms with van der Waals surface area (Å²) in [6, 6.07) is 20.3. The molecule has 0 unspecified atom stereocenters. The van der Waals surface area contributed by atoms with Crippen molar-refractivity contribution >= 4 is 34.8 Å². The molecule has 0 aliphatic carbocycles. The molecule has 5 N–H and O–H groups in total. The van der Waals surface area contributed by atoms with E-state index in [1.165, 1.54) is 13.0 Å². The van der Waals surface area contributed by atoms with Gasteiger partial charge in [0.25, 0.3) is 0 Å². The predicted octanol–water partition coefficient (Wildman–Crippen LogP) is 4.96. The number of nitrogens with two attached hydrogens (primary N) is 1. The van der Waals surface area contributed by atoms with Gasteiger partial charge in [-0.25, -0.2) is 4.79 Å². The fraction of sp³-hybridized carbons (Fsp3) is 0.207. The van der Waals surface area contributed by atoms with Crippen LogP contribution in [0.1, 0.15) is 35.9 Å². The van der Waals surface area contributed by atoms with Gasteiger partial charge in [0.1, 0.15) is 18.5 Å². The van der Waals surface area contributed by atoms with Crippen molar-refractivity contribution in [2.75, 3.05) is 29.6 Å². The number of amides is 2. The van der Waals surface area contributed by atoms with Gasteiger partial charge < -0.3 is 25.6 Å². The summed E-state index contributed by atoms with van der Waals surface area (Å²) in [7, 11) is 0. The number of ketones is 1. The zero-order chi connectivity index (χ0) is 27.5. The number of Topliss-reactive ketones (excluding diaryl/α,β-unsaturated/α-hetero) is 1. The summed E-state index contributed by atoms with van der Waals surface area (Å²) < 4.78 is 11.5. The molecular formula is C29H31N3O6. The number of benzene rings is 3. The normalized spacial score (nSPS) is 12.4. The van der Waals surface area contributed by atoms with Crippen LogP contribution in [0.5, 0.6) is 5.75 Å². The maximum absolute atomic E-state index is 12.9. The third-order valence-electron chi connectivity index (χ3n) is 5.59. The molecule has 2 amide bonds. The first-order chi connectivity index (χ1) is 18.3. The largest absolute Gasteiger partial charge is 0.491 e. The first kappa shape index (κ1) is 27.9. The first-order valence-electron chi connectivity index (χ1n) is 12.0. The Labute approximate surface area is 221 Å². The number of nitrogen functional groups attached to an aromatic ring is 1. The SMILES string of the molecule is CC(=O)c1ccc(NC(=O)O[C@H](c2ccccc2OCCO)[C@@H](C)/C=C/C(=O)Nc2ccccc2N)cc1. The quantitative estimate of drug-likeness (QED) is 0.160. The van der Waals surface area contributed by atoms with Gasteiger partial charge >= 0.3 is 6.09 Å². The number of hydrogen-bond donors (Lipinski definition) is 4. The molecule has 0 aliphatic rings. The van der Waals surface area contributed by atoms with E-state index >= 15 is 0 Å². The van der Waals surface area contributed by atoms with E-state index in [-0.39, 0.29) is 19.0 Å². The Morgan fingerprint density at radius 3 is 2.34 bits per heavy atom. The number of rotatable bonds is 11. The molecule has 0 bridgehead atoms. The minimum Gasteiger partial charge on any atom is -0.491 e. The fourth-order valence-electron chi connectivity index (χ4n) is 3.63. The highest BCUT2D eigenvalue weighted by Gasteiger charge is 2.26. The van der Waals surface area contributed by atoms with Gasteiger partial charge in [-0.2, -0.15) is 0 Å². The summed E-state index contributed by atoms with van der Waals surface area (Å²) in [4.78, 5) is 36.9. The van der Waals surface area contributed by atoms with Crippen LogP contribution in [0.15, 0.2) is 84.9 Å². The average molecular weight is 518 g/mol. The van der Waals surface area contributed by atoms with Gasteiger partial charge in [0, 0.05) is 22.7 Å². The van der Waals surface area contributed by atoms with Crippen LogP contribution < -0.4 is 21.1 Å². The van der Waals surface area contributed by atoms with E-state index in [9.17, 15) is 19.5 Å². The number of hydrogen-bond acceptors (Lipinski definition) is 7. The van der Waals surface area contributed by atoms with Crippen molar-refractivity contribution in [3.8, 4) is 5.75 Å². The maximum atomic E-state index is 12.9. The van der Waals surface area contributed by atoms with E-state index in [0.29, 0.717) is 33.9 Å². The molecule has 3 rings (SSSR count). The van der Waals surface area contributed by atoms with Gasteiger partial charge in [-0.05, 0) is 55.5 Å². The molecule has 0 spiro atoms. The van der Waals surface area contributed by atoms with E-state index in [1.54, 1.807) is 85.8 Å². The lowest BCUT2D eigenvalue weighted by Gasteiger charge is -2.25. The van der Waals surface area contributed by atoms with Gasteiger partial charge in [0.2, 0.25) is 5.91 Å². The molecule has 198 valence electrons. The maximum Gasteiger partial charge on any atom is 0.412 e. The topological polar surface area (TPSA) is 140 Å². The van der Waals surface area contributed by atoms with Crippen molar-refractivity contribution < 1.29 is 29.0 Å². The van der Waals surface area contributed by atoms with Crippen LogP contribution in [0.25, 0.3) is 0 Å². The minimum absolute atomic E-state index is 0.0591. The fourth-order valence-corrected chi connectivity index (χ4v) is 3.63. The van der Waals surface area contributed by atoms with Gasteiger partial charge in [0.05, 0.1) is 18.0 Å². The number of aliphatic hydroxyl groups excluding tert-OH is 1. The molecule has 0 fully saturated rings. The highest BCUT2D eigenvalue weighted by Crippen LogP contribution is 2.34. The first-order valence-corrected chi connectivity index (χ1v) is 12.0. The molecule has 0 saturated carbocycles. The van der Waals surface area contributed by atoms with Crippen molar-refractivity contribution in [1.29, 1.82) is 0 Å². The molecule has 0 saturated heterocycles. The van der Waals surface area contributed by atoms with E-state index in [2.05, 4.69) is 10.6 Å². The van der Waals surface area contributed by atoms with Crippen LogP contribution in [-0.4, -0.2) is 36.1 Å². The Hall–Kier alpha value is -4.63. The van der Waals surface area contributed by atoms with Crippen LogP contribution in [0.2, 0.25) is 0 Å². The third kappa shape index (κ3) is 7.94. The van der Waals surface area contributed by atoms with Crippen molar-refractivity contribution in [1.82, 2.24) is 0 Å². The van der Waals surface area contributed by atoms with Crippen LogP contribution >= 0.6 is 0 Å². The Bertz CT molecular complexity index is 1290. The Kier molecular flexibility index (Phi) is 10.0. The van der Waals surface area contributed by atoms with Gasteiger partial charge in [-0.3, -0.25) is 14.9 Å². The molecule has 0 aliphatic heterocycles. The lowest BCUT2D eigenvalue weighted by molar-refractivity contribution is -0.111. The molecule has 3 aromatic rings. The summed E-state index contributed by atoms with van der Waals surface area (Å²) in [6.07, 6.45) is 1.40. The number of carbonyl (C=O) groups is 3. The zero-order valence-electron chi connectivity index (χ0n) is 21.2. The summed E-state index contributed by atoms with van der Waals surface area (Å²) in [5.74, 6) is -0.503. The summed E-state index contributed by atoms with van der Waals surface area (Å²) in [5.41, 5.74) is 8.35. The third-order valence-corrected chi connectivity index (χ3v) is 5.59. The number of nitrogens with one attached hydrogen (secondary N) is 2. The number of aliphatic hydroxyl groups is 1. The molecule has 2 atom stereocenters. The van der Waals surface area contributed by atoms with E-state index in [4.69, 9.17) is 15.2 Å². The zero-order valence-corrected chi connectivity index (χ0v) is 21.2. The molecule has 0 aromatic heterocycles. The molecule has 9 nitrogen and oxygen atoms in total. The summed E-state index contributed by atoms with van der Waals surface area (Å²) in [6.45, 7) is 3.13. The van der Waals surface area contributed by atoms with Crippen LogP contribution in [0, 0.1) is 5.92 Å². The molecule has 0 radical (unpaired) electrons. The summed E-state index contributed by atoms with van der Waals surface area (Å²) in [5, 5.41) is 14.6. The Balaban J connectivity index is 1.80. The van der Waals surface area contributed by atoms with Crippen molar-refractivity contribution in [2.24, 2.45) is 5.92 Å². The highest BCUT2D eigenvalue weighted by molar-refractivity contribution is 6.01. The van der Waals surface area contributed by atoms with Crippen molar-refractivity contribution in [2.45, 2.75) is 20.0 Å². The van der Waals surface area contributed by atoms with Gasteiger partial charge in [-0.1, -0.05) is 43.3 Å². The predicted molar refractivity (Wildman–Crippen MR) is 146 cm³/mol. The second-order valence-electron chi connectivity index (χ2n) is 8.49. The van der Waals surface area contributed by atoms with Gasteiger partial charge in [-0.15, -0.1) is 0 Å². The van der Waals surface area contributed by atoms with Gasteiger partial charge in [0.15, 0.2) is 5.78 Å². The molecule has 3 aromatic carbocycles. The molecule has 9 heteroatoms. The second kappa shape index (κ2) is 13.6. The number of ether oxygens (including phenoxy) is 2. The van der Waals surface area contributed by atoms with Crippen molar-refractivity contribution in [3.63, 3.8) is 0 Å². The van der Waals surface area contributed by atoms with E-state index < -0.39 is 24.0 Å². The Morgan fingerprint density at radius 1 is 0.974 bits per heavy atom. The number of para-hydroxylation sites is 3. The smallest absolute Gasteiger partial charge is 0.412 e. The number of carbonyl (C=O) groups excluding carboxylic acids is 3. The summed E-state index contributed by atoms with van der Waals surface area (Å²) >= 11 is 0. The van der Waals surface area contributed by atoms with Crippen LogP contribution in [0.4, 0.5) is 21.9 Å². The molecule has 0 heterocycles. The molecule has 38 heavy (non-hydrogen) atoms. The minimum atomic E-state index is -0.841. The lowest BCUT2D eigenvalue weighted by Crippen LogP contribution is -2.22. The average Bonchev–Trinajstić information content (AvgIpc) is 2.91. The lowest BCUT2D eigenvalue weighted by atomic mass is 9.95. The van der Waals surface area contributed by atoms with Crippen LogP contribution in [0.3, 0.4) is 0 Å². The van der Waals surface area contributed by atoms with E-state index in [0.717, 1.165) is 0 Å². The highest BCUT2D eigenvalue weighted by atomic mass is 16.6. The van der Waals surface area contributed by atoms with Crippen LogP contribution in [-0.2, 0) is 9.53 Å². The number of anilines is 3. The molecular weight excluding hydrogens is 486 g/mol. The Morgan fingerprint density at radius 2 is 1.66 bits per heavy atom. The standard InChI is InChI=1S/C29H31N3O6/c1-19(11-16-27(35)32-25-9-5-4-8-24(25)30)28(23-7-3-6-10-26(23)37-18-17-33)38-29(36)31-22-14-12-21(13-15-22)20(2)34/h3-16,19,28,33H,17-18,30H2,1-2H3,(H,31,36)(H,32,35)/b16-11+/t19-,28-/m0/s1. The second-order valence-corrected chi connectivity index (χ2v) is 8.49.